The summed E-state index contributed by atoms with van der Waals surface area (Å²) in [6.07, 6.45) is 1.89. The molecule has 228 valence electrons. The van der Waals surface area contributed by atoms with Gasteiger partial charge in [-0.25, -0.2) is 4.98 Å². The first-order valence-electron chi connectivity index (χ1n) is 16.6. The maximum atomic E-state index is 5.12. The summed E-state index contributed by atoms with van der Waals surface area (Å²) in [7, 11) is 0. The second-order valence-electron chi connectivity index (χ2n) is 12.7. The first kappa shape index (κ1) is 26.4. The quantitative estimate of drug-likeness (QED) is 0.196. The third-order valence-corrected chi connectivity index (χ3v) is 10.1. The van der Waals surface area contributed by atoms with Crippen molar-refractivity contribution in [3.63, 3.8) is 0 Å². The van der Waals surface area contributed by atoms with E-state index >= 15 is 0 Å². The molecule has 0 bridgehead atoms. The average molecular weight is 626 g/mol. The fourth-order valence-electron chi connectivity index (χ4n) is 7.98. The molecule has 11 rings (SSSR count). The van der Waals surface area contributed by atoms with Gasteiger partial charge in [0.25, 0.3) is 0 Å². The van der Waals surface area contributed by atoms with Gasteiger partial charge < -0.3 is 9.13 Å². The Morgan fingerprint density at radius 3 is 1.18 bits per heavy atom. The van der Waals surface area contributed by atoms with Crippen LogP contribution in [0.2, 0.25) is 0 Å². The van der Waals surface area contributed by atoms with Gasteiger partial charge in [0.1, 0.15) is 0 Å². The average Bonchev–Trinajstić information content (AvgIpc) is 3.80. The molecule has 0 amide bonds. The van der Waals surface area contributed by atoms with E-state index in [1.165, 1.54) is 43.6 Å². The van der Waals surface area contributed by atoms with Gasteiger partial charge in [0.2, 0.25) is 0 Å². The second kappa shape index (κ2) is 9.89. The van der Waals surface area contributed by atoms with Crippen molar-refractivity contribution in [3.05, 3.63) is 164 Å². The van der Waals surface area contributed by atoms with Crippen LogP contribution in [0.4, 0.5) is 0 Å². The summed E-state index contributed by atoms with van der Waals surface area (Å²) in [6.45, 7) is 0. The lowest BCUT2D eigenvalue weighted by molar-refractivity contribution is 1.07. The first-order valence-corrected chi connectivity index (χ1v) is 16.6. The van der Waals surface area contributed by atoms with Crippen molar-refractivity contribution in [1.82, 2.24) is 23.7 Å². The van der Waals surface area contributed by atoms with E-state index in [2.05, 4.69) is 147 Å². The molecule has 0 fully saturated rings. The van der Waals surface area contributed by atoms with Gasteiger partial charge in [0, 0.05) is 43.7 Å². The van der Waals surface area contributed by atoms with Crippen molar-refractivity contribution < 1.29 is 0 Å². The highest BCUT2D eigenvalue weighted by molar-refractivity contribution is 6.14. The van der Waals surface area contributed by atoms with E-state index in [0.717, 1.165) is 50.0 Å². The van der Waals surface area contributed by atoms with Crippen molar-refractivity contribution in [2.24, 2.45) is 0 Å². The van der Waals surface area contributed by atoms with Crippen LogP contribution in [0.3, 0.4) is 0 Å². The largest absolute Gasteiger partial charge is 0.309 e. The van der Waals surface area contributed by atoms with Gasteiger partial charge in [0.05, 0.1) is 50.3 Å². The Kier molecular flexibility index (Phi) is 5.32. The number of nitrogens with zero attached hydrogens (tertiary/aromatic N) is 5. The minimum absolute atomic E-state index is 0.799. The van der Waals surface area contributed by atoms with Crippen LogP contribution in [0.25, 0.3) is 93.6 Å². The van der Waals surface area contributed by atoms with Gasteiger partial charge in [-0.05, 0) is 72.8 Å². The van der Waals surface area contributed by atoms with Crippen LogP contribution in [-0.2, 0) is 0 Å². The zero-order chi connectivity index (χ0) is 32.1. The normalized spacial score (nSPS) is 12.1. The summed E-state index contributed by atoms with van der Waals surface area (Å²) in [4.78, 5) is 9.93. The Bertz CT molecular complexity index is 2840. The van der Waals surface area contributed by atoms with Crippen LogP contribution in [0.1, 0.15) is 0 Å². The summed E-state index contributed by atoms with van der Waals surface area (Å²) in [6, 6.07) is 56.4. The fraction of sp³-hybridized carbons (Fsp3) is 0. The van der Waals surface area contributed by atoms with Gasteiger partial charge in [-0.2, -0.15) is 0 Å². The summed E-state index contributed by atoms with van der Waals surface area (Å²) in [5.74, 6) is 0.799. The second-order valence-corrected chi connectivity index (χ2v) is 12.7. The Morgan fingerprint density at radius 2 is 0.714 bits per heavy atom. The molecule has 0 saturated carbocycles. The number of benzene rings is 7. The van der Waals surface area contributed by atoms with Crippen LogP contribution < -0.4 is 0 Å². The van der Waals surface area contributed by atoms with Gasteiger partial charge in [0.15, 0.2) is 5.82 Å². The van der Waals surface area contributed by atoms with Crippen molar-refractivity contribution in [1.29, 1.82) is 0 Å². The molecule has 11 aromatic rings. The number of hydrogen-bond donors (Lipinski definition) is 0. The zero-order valence-corrected chi connectivity index (χ0v) is 26.3. The Morgan fingerprint density at radius 1 is 0.327 bits per heavy atom. The number of fused-ring (bicyclic) bond motifs is 10. The summed E-state index contributed by atoms with van der Waals surface area (Å²) >= 11 is 0. The highest BCUT2D eigenvalue weighted by Crippen LogP contribution is 2.39. The van der Waals surface area contributed by atoms with Crippen molar-refractivity contribution in [3.8, 4) is 17.2 Å². The number of hydrogen-bond acceptors (Lipinski definition) is 2. The first-order chi connectivity index (χ1) is 24.3. The minimum Gasteiger partial charge on any atom is -0.309 e. The molecule has 0 spiro atoms. The SMILES string of the molecule is c1ccc2nc(-n3c4ccc(-n5c6ccccc6c6ccccc65)cc4c4cc(-n5c6ccccc6c6ccccc65)ccc43)cnc2c1. The molecule has 0 aliphatic rings. The molecule has 0 aliphatic heterocycles. The zero-order valence-electron chi connectivity index (χ0n) is 26.3. The number of aromatic nitrogens is 5. The van der Waals surface area contributed by atoms with E-state index in [9.17, 15) is 0 Å². The van der Waals surface area contributed by atoms with E-state index < -0.39 is 0 Å². The Balaban J connectivity index is 1.24. The fourth-order valence-corrected chi connectivity index (χ4v) is 7.98. The van der Waals surface area contributed by atoms with E-state index in [-0.39, 0.29) is 0 Å². The lowest BCUT2D eigenvalue weighted by Crippen LogP contribution is -2.00. The summed E-state index contributed by atoms with van der Waals surface area (Å²) < 4.78 is 7.04. The van der Waals surface area contributed by atoms with E-state index in [1.54, 1.807) is 0 Å². The Hall–Kier alpha value is -6.72. The van der Waals surface area contributed by atoms with Gasteiger partial charge >= 0.3 is 0 Å². The molecule has 0 N–H and O–H groups in total. The van der Waals surface area contributed by atoms with Crippen LogP contribution in [-0.4, -0.2) is 23.7 Å². The molecule has 0 unspecified atom stereocenters. The predicted octanol–water partition coefficient (Wildman–Crippen LogP) is 10.9. The molecular formula is C44H27N5. The smallest absolute Gasteiger partial charge is 0.156 e. The molecule has 0 saturated heterocycles. The summed E-state index contributed by atoms with van der Waals surface area (Å²) in [5.41, 5.74) is 10.9. The van der Waals surface area contributed by atoms with Crippen LogP contribution in [0, 0.1) is 0 Å². The molecule has 5 nitrogen and oxygen atoms in total. The molecular weight excluding hydrogens is 599 g/mol. The molecule has 0 aliphatic carbocycles. The van der Waals surface area contributed by atoms with E-state index in [0.29, 0.717) is 0 Å². The number of rotatable bonds is 3. The topological polar surface area (TPSA) is 40.6 Å². The molecule has 5 heteroatoms. The maximum Gasteiger partial charge on any atom is 0.156 e. The monoisotopic (exact) mass is 625 g/mol. The summed E-state index contributed by atoms with van der Waals surface area (Å²) in [5, 5.41) is 7.32. The van der Waals surface area contributed by atoms with Crippen molar-refractivity contribution in [2.45, 2.75) is 0 Å². The highest BCUT2D eigenvalue weighted by atomic mass is 15.1. The van der Waals surface area contributed by atoms with Crippen molar-refractivity contribution in [2.75, 3.05) is 0 Å². The third kappa shape index (κ3) is 3.70. The van der Waals surface area contributed by atoms with Crippen LogP contribution >= 0.6 is 0 Å². The molecule has 4 heterocycles. The third-order valence-electron chi connectivity index (χ3n) is 10.1. The van der Waals surface area contributed by atoms with Crippen LogP contribution in [0.5, 0.6) is 0 Å². The van der Waals surface area contributed by atoms with E-state index in [1.807, 2.05) is 30.5 Å². The van der Waals surface area contributed by atoms with Crippen molar-refractivity contribution >= 4 is 76.5 Å². The molecule has 49 heavy (non-hydrogen) atoms. The molecule has 4 aromatic heterocycles. The predicted molar refractivity (Wildman–Crippen MR) is 203 cm³/mol. The van der Waals surface area contributed by atoms with Gasteiger partial charge in [-0.1, -0.05) is 84.9 Å². The molecule has 0 radical (unpaired) electrons. The number of para-hydroxylation sites is 6. The standard InChI is InChI=1S/C44H27N5/c1-7-17-38-30(11-1)31-12-2-8-18-39(31)47(38)28-21-23-42-34(25-28)35-26-29(48-40-19-9-3-13-32(40)33-14-4-10-20-41(33)48)22-24-43(35)49(42)44-27-45-36-15-5-6-16-37(36)46-44/h1-27H. The van der Waals surface area contributed by atoms with E-state index in [4.69, 9.17) is 9.97 Å². The molecule has 0 atom stereocenters. The van der Waals surface area contributed by atoms with Crippen LogP contribution in [0.15, 0.2) is 164 Å². The highest BCUT2D eigenvalue weighted by Gasteiger charge is 2.19. The lowest BCUT2D eigenvalue weighted by atomic mass is 10.1. The minimum atomic E-state index is 0.799. The molecule has 7 aromatic carbocycles. The maximum absolute atomic E-state index is 5.12. The van der Waals surface area contributed by atoms with Gasteiger partial charge in [-0.3, -0.25) is 9.55 Å². The lowest BCUT2D eigenvalue weighted by Gasteiger charge is -2.10. The van der Waals surface area contributed by atoms with Gasteiger partial charge in [-0.15, -0.1) is 0 Å². The Labute approximate surface area is 280 Å².